The zero-order chi connectivity index (χ0) is 17.9. The van der Waals surface area contributed by atoms with Crippen LogP contribution in [0.15, 0.2) is 36.9 Å². The van der Waals surface area contributed by atoms with Crippen molar-refractivity contribution < 1.29 is 14.3 Å². The van der Waals surface area contributed by atoms with E-state index >= 15 is 0 Å². The summed E-state index contributed by atoms with van der Waals surface area (Å²) in [6.07, 6.45) is 4.90. The number of aromatic nitrogens is 3. The summed E-state index contributed by atoms with van der Waals surface area (Å²) in [6, 6.07) is 5.35. The molecule has 2 saturated heterocycles. The summed E-state index contributed by atoms with van der Waals surface area (Å²) in [5.41, 5.74) is 0.573. The third kappa shape index (κ3) is 3.32. The van der Waals surface area contributed by atoms with Crippen molar-refractivity contribution in [2.75, 3.05) is 38.3 Å². The molecule has 4 rings (SSSR count). The predicted octanol–water partition coefficient (Wildman–Crippen LogP) is 0.761. The zero-order valence-corrected chi connectivity index (χ0v) is 14.5. The lowest BCUT2D eigenvalue weighted by Gasteiger charge is -2.21. The van der Waals surface area contributed by atoms with Crippen molar-refractivity contribution in [2.24, 2.45) is 11.8 Å². The molecule has 2 aliphatic rings. The van der Waals surface area contributed by atoms with Crippen LogP contribution < -0.4 is 15.0 Å². The third-order valence-electron chi connectivity index (χ3n) is 5.05. The standard InChI is InChI=1S/C18H21N5O3/c1-25-17-5-16(21-11-22-17)23-8-14-13(10-26-15(14)9-23)7-20-18(24)12-3-2-4-19-6-12/h2-6,11,13-15H,7-10H2,1H3,(H,20,24)/t13-,14+,15+/m0/s1. The molecule has 0 aromatic carbocycles. The van der Waals surface area contributed by atoms with E-state index in [2.05, 4.69) is 25.2 Å². The number of nitrogens with zero attached hydrogens (tertiary/aromatic N) is 4. The quantitative estimate of drug-likeness (QED) is 0.847. The van der Waals surface area contributed by atoms with Crippen LogP contribution in [0.1, 0.15) is 10.4 Å². The molecule has 8 heteroatoms. The molecule has 3 atom stereocenters. The van der Waals surface area contributed by atoms with Gasteiger partial charge in [0.1, 0.15) is 12.1 Å². The highest BCUT2D eigenvalue weighted by molar-refractivity contribution is 5.93. The maximum atomic E-state index is 12.2. The van der Waals surface area contributed by atoms with Gasteiger partial charge in [-0.2, -0.15) is 0 Å². The Hall–Kier alpha value is -2.74. The largest absolute Gasteiger partial charge is 0.481 e. The fourth-order valence-electron chi connectivity index (χ4n) is 3.63. The highest BCUT2D eigenvalue weighted by Gasteiger charge is 2.44. The zero-order valence-electron chi connectivity index (χ0n) is 14.5. The highest BCUT2D eigenvalue weighted by atomic mass is 16.5. The summed E-state index contributed by atoms with van der Waals surface area (Å²) in [4.78, 5) is 26.8. The van der Waals surface area contributed by atoms with Crippen LogP contribution in [0.25, 0.3) is 0 Å². The summed E-state index contributed by atoms with van der Waals surface area (Å²) in [7, 11) is 1.59. The van der Waals surface area contributed by atoms with Crippen molar-refractivity contribution in [2.45, 2.75) is 6.10 Å². The molecule has 0 aliphatic carbocycles. The predicted molar refractivity (Wildman–Crippen MR) is 94.1 cm³/mol. The number of methoxy groups -OCH3 is 1. The van der Waals surface area contributed by atoms with E-state index in [-0.39, 0.29) is 17.9 Å². The van der Waals surface area contributed by atoms with Crippen molar-refractivity contribution in [1.82, 2.24) is 20.3 Å². The van der Waals surface area contributed by atoms with Gasteiger partial charge in [0, 0.05) is 49.9 Å². The van der Waals surface area contributed by atoms with Crippen molar-refractivity contribution in [3.05, 3.63) is 42.5 Å². The molecule has 0 radical (unpaired) electrons. The minimum Gasteiger partial charge on any atom is -0.481 e. The molecule has 8 nitrogen and oxygen atoms in total. The lowest BCUT2D eigenvalue weighted by molar-refractivity contribution is 0.0939. The van der Waals surface area contributed by atoms with E-state index in [1.807, 2.05) is 6.07 Å². The van der Waals surface area contributed by atoms with Crippen LogP contribution in [-0.2, 0) is 4.74 Å². The number of nitrogens with one attached hydrogen (secondary N) is 1. The SMILES string of the molecule is COc1cc(N2C[C@@H]3[C@@H](CNC(=O)c4cccnc4)CO[C@@H]3C2)ncn1. The number of ether oxygens (including phenoxy) is 2. The summed E-state index contributed by atoms with van der Waals surface area (Å²) in [5.74, 6) is 1.94. The number of carbonyl (C=O) groups is 1. The van der Waals surface area contributed by atoms with E-state index in [0.717, 1.165) is 18.9 Å². The molecule has 2 fully saturated rings. The molecule has 2 aromatic heterocycles. The number of carbonyl (C=O) groups excluding carboxylic acids is 1. The first kappa shape index (κ1) is 16.7. The molecule has 0 unspecified atom stereocenters. The van der Waals surface area contributed by atoms with Gasteiger partial charge in [0.25, 0.3) is 5.91 Å². The Morgan fingerprint density at radius 1 is 1.42 bits per heavy atom. The first-order valence-electron chi connectivity index (χ1n) is 8.65. The van der Waals surface area contributed by atoms with Crippen LogP contribution in [0.5, 0.6) is 5.88 Å². The van der Waals surface area contributed by atoms with Crippen LogP contribution in [0, 0.1) is 11.8 Å². The molecule has 1 amide bonds. The van der Waals surface area contributed by atoms with Gasteiger partial charge in [0.15, 0.2) is 0 Å². The lowest BCUT2D eigenvalue weighted by atomic mass is 9.93. The molecular formula is C18H21N5O3. The number of anilines is 1. The number of pyridine rings is 1. The molecule has 0 bridgehead atoms. The van der Waals surface area contributed by atoms with Crippen LogP contribution in [0.2, 0.25) is 0 Å². The van der Waals surface area contributed by atoms with Crippen LogP contribution in [0.3, 0.4) is 0 Å². The number of fused-ring (bicyclic) bond motifs is 1. The monoisotopic (exact) mass is 355 g/mol. The fourth-order valence-corrected chi connectivity index (χ4v) is 3.63. The molecule has 1 N–H and O–H groups in total. The second-order valence-corrected chi connectivity index (χ2v) is 6.57. The Balaban J connectivity index is 1.36. The Morgan fingerprint density at radius 2 is 2.35 bits per heavy atom. The van der Waals surface area contributed by atoms with Gasteiger partial charge in [-0.25, -0.2) is 9.97 Å². The van der Waals surface area contributed by atoms with Gasteiger partial charge < -0.3 is 19.7 Å². The maximum absolute atomic E-state index is 12.2. The van der Waals surface area contributed by atoms with E-state index in [1.54, 1.807) is 31.6 Å². The average Bonchev–Trinajstić information content (AvgIpc) is 3.28. The number of amides is 1. The van der Waals surface area contributed by atoms with Gasteiger partial charge in [-0.1, -0.05) is 0 Å². The van der Waals surface area contributed by atoms with Gasteiger partial charge in [0.2, 0.25) is 5.88 Å². The Labute approximate surface area is 151 Å². The fraction of sp³-hybridized carbons (Fsp3) is 0.444. The molecule has 26 heavy (non-hydrogen) atoms. The second kappa shape index (κ2) is 7.25. The average molecular weight is 355 g/mol. The summed E-state index contributed by atoms with van der Waals surface area (Å²) in [6.45, 7) is 2.90. The Morgan fingerprint density at radius 3 is 3.15 bits per heavy atom. The number of hydrogen-bond donors (Lipinski definition) is 1. The Kier molecular flexibility index (Phi) is 4.66. The first-order chi connectivity index (χ1) is 12.7. The van der Waals surface area contributed by atoms with Crippen molar-refractivity contribution in [3.8, 4) is 5.88 Å². The maximum Gasteiger partial charge on any atom is 0.252 e. The summed E-state index contributed by atoms with van der Waals surface area (Å²) < 4.78 is 11.1. The van der Waals surface area contributed by atoms with Crippen molar-refractivity contribution >= 4 is 11.7 Å². The molecule has 0 spiro atoms. The number of rotatable bonds is 5. The minimum atomic E-state index is -0.100. The van der Waals surface area contributed by atoms with Crippen LogP contribution in [0.4, 0.5) is 5.82 Å². The minimum absolute atomic E-state index is 0.100. The molecular weight excluding hydrogens is 334 g/mol. The Bertz CT molecular complexity index is 772. The second-order valence-electron chi connectivity index (χ2n) is 6.57. The molecule has 2 aromatic rings. The third-order valence-corrected chi connectivity index (χ3v) is 5.05. The molecule has 4 heterocycles. The topological polar surface area (TPSA) is 89.5 Å². The van der Waals surface area contributed by atoms with E-state index in [1.165, 1.54) is 6.33 Å². The number of hydrogen-bond acceptors (Lipinski definition) is 7. The van der Waals surface area contributed by atoms with E-state index in [0.29, 0.717) is 30.5 Å². The lowest BCUT2D eigenvalue weighted by Crippen LogP contribution is -2.34. The van der Waals surface area contributed by atoms with Gasteiger partial charge >= 0.3 is 0 Å². The summed E-state index contributed by atoms with van der Waals surface area (Å²) in [5, 5.41) is 3.00. The first-order valence-corrected chi connectivity index (χ1v) is 8.65. The van der Waals surface area contributed by atoms with Gasteiger partial charge in [-0.3, -0.25) is 9.78 Å². The van der Waals surface area contributed by atoms with Crippen molar-refractivity contribution in [3.63, 3.8) is 0 Å². The summed E-state index contributed by atoms with van der Waals surface area (Å²) >= 11 is 0. The van der Waals surface area contributed by atoms with Gasteiger partial charge in [-0.15, -0.1) is 0 Å². The normalized spacial score (nSPS) is 24.3. The van der Waals surface area contributed by atoms with Crippen molar-refractivity contribution in [1.29, 1.82) is 0 Å². The van der Waals surface area contributed by atoms with Gasteiger partial charge in [0.05, 0.1) is 25.4 Å². The molecule has 136 valence electrons. The van der Waals surface area contributed by atoms with E-state index in [9.17, 15) is 4.79 Å². The molecule has 2 aliphatic heterocycles. The molecule has 0 saturated carbocycles. The highest BCUT2D eigenvalue weighted by Crippen LogP contribution is 2.35. The van der Waals surface area contributed by atoms with Gasteiger partial charge in [-0.05, 0) is 12.1 Å². The van der Waals surface area contributed by atoms with E-state index in [4.69, 9.17) is 9.47 Å². The van der Waals surface area contributed by atoms with Crippen LogP contribution in [-0.4, -0.2) is 60.3 Å². The smallest absolute Gasteiger partial charge is 0.252 e. The van der Waals surface area contributed by atoms with E-state index < -0.39 is 0 Å². The van der Waals surface area contributed by atoms with Crippen LogP contribution >= 0.6 is 0 Å².